The van der Waals surface area contributed by atoms with Crippen LogP contribution in [-0.4, -0.2) is 15.0 Å². The van der Waals surface area contributed by atoms with E-state index in [2.05, 4.69) is 4.72 Å². The van der Waals surface area contributed by atoms with E-state index in [1.807, 2.05) is 31.2 Å². The first-order valence-electron chi connectivity index (χ1n) is 6.77. The third-order valence-corrected chi connectivity index (χ3v) is 4.93. The van der Waals surface area contributed by atoms with E-state index in [-0.39, 0.29) is 11.4 Å². The smallest absolute Gasteiger partial charge is 0.244 e. The Hall–Kier alpha value is -1.63. The van der Waals surface area contributed by atoms with Crippen LogP contribution in [0.2, 0.25) is 0 Å². The first-order chi connectivity index (χ1) is 9.94. The van der Waals surface area contributed by atoms with E-state index in [9.17, 15) is 8.42 Å². The summed E-state index contributed by atoms with van der Waals surface area (Å²) in [6.07, 6.45) is 0.645. The van der Waals surface area contributed by atoms with Crippen molar-refractivity contribution in [2.75, 3.05) is 6.54 Å². The molecule has 0 saturated carbocycles. The molecule has 1 heterocycles. The second-order valence-corrected chi connectivity index (χ2v) is 6.65. The molecule has 114 valence electrons. The van der Waals surface area contributed by atoms with Gasteiger partial charge in [0.15, 0.2) is 0 Å². The summed E-state index contributed by atoms with van der Waals surface area (Å²) in [7, 11) is -3.56. The summed E-state index contributed by atoms with van der Waals surface area (Å²) >= 11 is 0. The second kappa shape index (κ2) is 6.43. The Kier molecular flexibility index (Phi) is 4.82. The van der Waals surface area contributed by atoms with Crippen molar-refractivity contribution in [3.05, 3.63) is 53.0 Å². The lowest BCUT2D eigenvalue weighted by molar-refractivity contribution is 0.478. The van der Waals surface area contributed by atoms with Gasteiger partial charge in [-0.15, -0.1) is 0 Å². The maximum atomic E-state index is 12.2. The van der Waals surface area contributed by atoms with E-state index in [0.717, 1.165) is 11.1 Å². The molecule has 0 aliphatic rings. The SMILES string of the molecule is Cc1ccccc1CCNS(=O)(=O)c1cc(CN)oc1C. The van der Waals surface area contributed by atoms with Crippen LogP contribution in [0.4, 0.5) is 0 Å². The van der Waals surface area contributed by atoms with Gasteiger partial charge < -0.3 is 10.2 Å². The molecule has 0 fully saturated rings. The van der Waals surface area contributed by atoms with Gasteiger partial charge in [-0.25, -0.2) is 13.1 Å². The molecule has 0 aliphatic carbocycles. The van der Waals surface area contributed by atoms with Crippen LogP contribution < -0.4 is 10.5 Å². The van der Waals surface area contributed by atoms with Crippen LogP contribution in [0.15, 0.2) is 39.6 Å². The first kappa shape index (κ1) is 15.8. The number of benzene rings is 1. The Bertz CT molecular complexity index is 720. The highest BCUT2D eigenvalue weighted by Gasteiger charge is 2.20. The number of sulfonamides is 1. The van der Waals surface area contributed by atoms with E-state index in [1.54, 1.807) is 6.92 Å². The van der Waals surface area contributed by atoms with Crippen molar-refractivity contribution in [3.63, 3.8) is 0 Å². The van der Waals surface area contributed by atoms with Crippen molar-refractivity contribution < 1.29 is 12.8 Å². The highest BCUT2D eigenvalue weighted by Crippen LogP contribution is 2.19. The highest BCUT2D eigenvalue weighted by molar-refractivity contribution is 7.89. The minimum atomic E-state index is -3.56. The van der Waals surface area contributed by atoms with Crippen LogP contribution in [0.5, 0.6) is 0 Å². The molecule has 6 heteroatoms. The van der Waals surface area contributed by atoms with Crippen LogP contribution in [0, 0.1) is 13.8 Å². The molecule has 5 nitrogen and oxygen atoms in total. The zero-order valence-electron chi connectivity index (χ0n) is 12.2. The molecule has 2 aromatic rings. The Morgan fingerprint density at radius 2 is 1.95 bits per heavy atom. The summed E-state index contributed by atoms with van der Waals surface area (Å²) in [6, 6.07) is 9.40. The summed E-state index contributed by atoms with van der Waals surface area (Å²) < 4.78 is 32.4. The topological polar surface area (TPSA) is 85.3 Å². The van der Waals surface area contributed by atoms with Crippen LogP contribution >= 0.6 is 0 Å². The van der Waals surface area contributed by atoms with Crippen LogP contribution in [0.1, 0.15) is 22.6 Å². The number of rotatable bonds is 6. The summed E-state index contributed by atoms with van der Waals surface area (Å²) in [4.78, 5) is 0.160. The van der Waals surface area contributed by atoms with E-state index >= 15 is 0 Å². The number of furan rings is 1. The van der Waals surface area contributed by atoms with Crippen LogP contribution in [0.3, 0.4) is 0 Å². The molecule has 2 rings (SSSR count). The Morgan fingerprint density at radius 1 is 1.24 bits per heavy atom. The number of nitrogens with two attached hydrogens (primary N) is 1. The number of nitrogens with one attached hydrogen (secondary N) is 1. The van der Waals surface area contributed by atoms with Gasteiger partial charge >= 0.3 is 0 Å². The zero-order valence-corrected chi connectivity index (χ0v) is 13.0. The lowest BCUT2D eigenvalue weighted by Crippen LogP contribution is -2.26. The van der Waals surface area contributed by atoms with Crippen LogP contribution in [-0.2, 0) is 23.0 Å². The molecule has 0 spiro atoms. The van der Waals surface area contributed by atoms with Gasteiger partial charge in [0, 0.05) is 12.6 Å². The molecule has 0 atom stereocenters. The lowest BCUT2D eigenvalue weighted by atomic mass is 10.1. The minimum Gasteiger partial charge on any atom is -0.464 e. The van der Waals surface area contributed by atoms with Gasteiger partial charge in [-0.2, -0.15) is 0 Å². The molecular formula is C15H20N2O3S. The second-order valence-electron chi connectivity index (χ2n) is 4.91. The Morgan fingerprint density at radius 3 is 2.57 bits per heavy atom. The molecule has 0 saturated heterocycles. The lowest BCUT2D eigenvalue weighted by Gasteiger charge is -2.07. The van der Waals surface area contributed by atoms with Gasteiger partial charge in [0.1, 0.15) is 16.4 Å². The highest BCUT2D eigenvalue weighted by atomic mass is 32.2. The third-order valence-electron chi connectivity index (χ3n) is 3.36. The standard InChI is InChI=1S/C15H20N2O3S/c1-11-5-3-4-6-13(11)7-8-17-21(18,19)15-9-14(10-16)20-12(15)2/h3-6,9,17H,7-8,10,16H2,1-2H3. The first-order valence-corrected chi connectivity index (χ1v) is 8.26. The number of hydrogen-bond donors (Lipinski definition) is 2. The van der Waals surface area contributed by atoms with Crippen molar-refractivity contribution in [3.8, 4) is 0 Å². The number of hydrogen-bond acceptors (Lipinski definition) is 4. The van der Waals surface area contributed by atoms with Crippen molar-refractivity contribution in [2.45, 2.75) is 31.7 Å². The molecule has 21 heavy (non-hydrogen) atoms. The molecule has 0 radical (unpaired) electrons. The summed E-state index contributed by atoms with van der Waals surface area (Å²) in [6.45, 7) is 4.15. The van der Waals surface area contributed by atoms with E-state index in [0.29, 0.717) is 24.5 Å². The fraction of sp³-hybridized carbons (Fsp3) is 0.333. The molecular weight excluding hydrogens is 288 g/mol. The predicted octanol–water partition coefficient (Wildman–Crippen LogP) is 1.88. The monoisotopic (exact) mass is 308 g/mol. The van der Waals surface area contributed by atoms with E-state index in [4.69, 9.17) is 10.2 Å². The average molecular weight is 308 g/mol. The van der Waals surface area contributed by atoms with Crippen molar-refractivity contribution in [2.24, 2.45) is 5.73 Å². The molecule has 0 unspecified atom stereocenters. The summed E-state index contributed by atoms with van der Waals surface area (Å²) in [5, 5.41) is 0. The largest absolute Gasteiger partial charge is 0.464 e. The molecule has 3 N–H and O–H groups in total. The third kappa shape index (κ3) is 3.72. The normalized spacial score (nSPS) is 11.8. The zero-order chi connectivity index (χ0) is 15.5. The van der Waals surface area contributed by atoms with Gasteiger partial charge in [0.25, 0.3) is 0 Å². The van der Waals surface area contributed by atoms with Gasteiger partial charge in [-0.05, 0) is 31.4 Å². The maximum Gasteiger partial charge on any atom is 0.244 e. The molecule has 1 aromatic heterocycles. The van der Waals surface area contributed by atoms with Gasteiger partial charge in [-0.3, -0.25) is 0 Å². The maximum absolute atomic E-state index is 12.2. The van der Waals surface area contributed by atoms with Gasteiger partial charge in [0.05, 0.1) is 6.54 Å². The van der Waals surface area contributed by atoms with Crippen LogP contribution in [0.25, 0.3) is 0 Å². The Labute approximate surface area is 125 Å². The molecule has 0 aliphatic heterocycles. The fourth-order valence-corrected chi connectivity index (χ4v) is 3.41. The molecule has 0 bridgehead atoms. The summed E-state index contributed by atoms with van der Waals surface area (Å²) in [5.74, 6) is 0.825. The van der Waals surface area contributed by atoms with Crippen molar-refractivity contribution in [1.82, 2.24) is 4.72 Å². The van der Waals surface area contributed by atoms with Gasteiger partial charge in [0.2, 0.25) is 10.0 Å². The minimum absolute atomic E-state index is 0.160. The van der Waals surface area contributed by atoms with Gasteiger partial charge in [-0.1, -0.05) is 24.3 Å². The predicted molar refractivity (Wildman–Crippen MR) is 81.4 cm³/mol. The summed E-state index contributed by atoms with van der Waals surface area (Å²) in [5.41, 5.74) is 7.74. The fourth-order valence-electron chi connectivity index (χ4n) is 2.18. The van der Waals surface area contributed by atoms with Crippen molar-refractivity contribution in [1.29, 1.82) is 0 Å². The number of aryl methyl sites for hydroxylation is 2. The molecule has 1 aromatic carbocycles. The average Bonchev–Trinajstić information content (AvgIpc) is 2.83. The van der Waals surface area contributed by atoms with E-state index in [1.165, 1.54) is 6.07 Å². The van der Waals surface area contributed by atoms with E-state index < -0.39 is 10.0 Å². The quantitative estimate of drug-likeness (QED) is 0.853. The Balaban J connectivity index is 2.05. The molecule has 0 amide bonds. The van der Waals surface area contributed by atoms with Crippen molar-refractivity contribution >= 4 is 10.0 Å².